The molecule has 0 radical (unpaired) electrons. The molecule has 0 aliphatic carbocycles. The van der Waals surface area contributed by atoms with E-state index >= 15 is 0 Å². The average molecular weight is 464 g/mol. The molecule has 144 valence electrons. The fourth-order valence-corrected chi connectivity index (χ4v) is 3.07. The highest BCUT2D eigenvalue weighted by atomic mass is 127. The van der Waals surface area contributed by atoms with Crippen molar-refractivity contribution >= 4 is 29.9 Å². The van der Waals surface area contributed by atoms with Crippen molar-refractivity contribution in [3.63, 3.8) is 0 Å². The van der Waals surface area contributed by atoms with E-state index in [0.29, 0.717) is 12.6 Å². The first-order chi connectivity index (χ1) is 11.5. The molecule has 1 fully saturated rings. The summed E-state index contributed by atoms with van der Waals surface area (Å²) in [6, 6.07) is 0.567. The van der Waals surface area contributed by atoms with Crippen LogP contribution in [0.2, 0.25) is 0 Å². The molecule has 1 aliphatic rings. The van der Waals surface area contributed by atoms with Gasteiger partial charge in [0.1, 0.15) is 6.10 Å². The van der Waals surface area contributed by atoms with Crippen molar-refractivity contribution in [2.24, 2.45) is 12.0 Å². The Morgan fingerprint density at radius 3 is 2.84 bits per heavy atom. The number of morpholine rings is 1. The molecule has 0 bridgehead atoms. The SMILES string of the molecule is CCN(CCNC(=NC)N1CCOC(c2cnn(C)c2)C1)C(C)C.I. The fraction of sp³-hybridized carbons (Fsp3) is 0.765. The zero-order valence-electron chi connectivity index (χ0n) is 16.1. The Morgan fingerprint density at radius 1 is 1.52 bits per heavy atom. The number of hydrogen-bond acceptors (Lipinski definition) is 4. The van der Waals surface area contributed by atoms with Crippen molar-refractivity contribution in [2.45, 2.75) is 32.9 Å². The zero-order chi connectivity index (χ0) is 17.5. The van der Waals surface area contributed by atoms with Gasteiger partial charge in [-0.15, -0.1) is 24.0 Å². The average Bonchev–Trinajstić information content (AvgIpc) is 3.01. The number of hydrogen-bond donors (Lipinski definition) is 1. The van der Waals surface area contributed by atoms with E-state index in [-0.39, 0.29) is 30.1 Å². The van der Waals surface area contributed by atoms with Gasteiger partial charge in [0.2, 0.25) is 0 Å². The van der Waals surface area contributed by atoms with Crippen LogP contribution in [-0.2, 0) is 11.8 Å². The van der Waals surface area contributed by atoms with Crippen molar-refractivity contribution in [2.75, 3.05) is 46.4 Å². The van der Waals surface area contributed by atoms with Crippen molar-refractivity contribution in [1.82, 2.24) is 24.9 Å². The van der Waals surface area contributed by atoms with E-state index in [9.17, 15) is 0 Å². The lowest BCUT2D eigenvalue weighted by Gasteiger charge is -2.35. The quantitative estimate of drug-likeness (QED) is 0.395. The third kappa shape index (κ3) is 6.41. The van der Waals surface area contributed by atoms with Crippen LogP contribution in [0.15, 0.2) is 17.4 Å². The summed E-state index contributed by atoms with van der Waals surface area (Å²) in [5.41, 5.74) is 1.12. The van der Waals surface area contributed by atoms with Crippen LogP contribution in [0.5, 0.6) is 0 Å². The molecular formula is C17H33IN6O. The molecule has 8 heteroatoms. The molecule has 7 nitrogen and oxygen atoms in total. The number of rotatable bonds is 6. The molecule has 2 heterocycles. The number of aryl methyl sites for hydroxylation is 1. The van der Waals surface area contributed by atoms with Gasteiger partial charge < -0.3 is 15.0 Å². The molecule has 1 unspecified atom stereocenters. The van der Waals surface area contributed by atoms with Crippen LogP contribution in [0.4, 0.5) is 0 Å². The van der Waals surface area contributed by atoms with Crippen LogP contribution in [0.1, 0.15) is 32.4 Å². The molecule has 1 aliphatic heterocycles. The van der Waals surface area contributed by atoms with E-state index < -0.39 is 0 Å². The molecule has 25 heavy (non-hydrogen) atoms. The topological polar surface area (TPSA) is 57.9 Å². The molecular weight excluding hydrogens is 431 g/mol. The van der Waals surface area contributed by atoms with Crippen molar-refractivity contribution < 1.29 is 4.74 Å². The maximum absolute atomic E-state index is 5.91. The highest BCUT2D eigenvalue weighted by Gasteiger charge is 2.25. The molecule has 0 amide bonds. The lowest BCUT2D eigenvalue weighted by molar-refractivity contribution is -0.00805. The third-order valence-electron chi connectivity index (χ3n) is 4.49. The Bertz CT molecular complexity index is 533. The predicted octanol–water partition coefficient (Wildman–Crippen LogP) is 1.72. The number of ether oxygens (including phenoxy) is 1. The number of nitrogens with one attached hydrogen (secondary N) is 1. The summed E-state index contributed by atoms with van der Waals surface area (Å²) in [5.74, 6) is 0.951. The molecule has 1 saturated heterocycles. The summed E-state index contributed by atoms with van der Waals surface area (Å²) >= 11 is 0. The van der Waals surface area contributed by atoms with E-state index in [4.69, 9.17) is 4.74 Å². The van der Waals surface area contributed by atoms with Crippen molar-refractivity contribution in [3.8, 4) is 0 Å². The van der Waals surface area contributed by atoms with E-state index in [0.717, 1.165) is 44.2 Å². The van der Waals surface area contributed by atoms with Crippen LogP contribution < -0.4 is 5.32 Å². The van der Waals surface area contributed by atoms with Gasteiger partial charge >= 0.3 is 0 Å². The predicted molar refractivity (Wildman–Crippen MR) is 113 cm³/mol. The molecule has 0 spiro atoms. The smallest absolute Gasteiger partial charge is 0.193 e. The Labute approximate surface area is 168 Å². The van der Waals surface area contributed by atoms with Crippen LogP contribution in [0, 0.1) is 0 Å². The summed E-state index contributed by atoms with van der Waals surface area (Å²) in [5, 5.41) is 7.74. The first-order valence-corrected chi connectivity index (χ1v) is 8.85. The standard InChI is InChI=1S/C17H32N6O.HI/c1-6-22(14(2)3)8-7-19-17(18-4)23-9-10-24-16(13-23)15-11-20-21(5)12-15;/h11-12,14,16H,6-10,13H2,1-5H3,(H,18,19);1H. The lowest BCUT2D eigenvalue weighted by atomic mass is 10.1. The second-order valence-corrected chi connectivity index (χ2v) is 6.45. The molecule has 0 aromatic carbocycles. The minimum Gasteiger partial charge on any atom is -0.370 e. The summed E-state index contributed by atoms with van der Waals surface area (Å²) in [6.07, 6.45) is 3.95. The van der Waals surface area contributed by atoms with Crippen molar-refractivity contribution in [1.29, 1.82) is 0 Å². The Kier molecular flexibility index (Phi) is 9.73. The molecule has 1 atom stereocenters. The van der Waals surface area contributed by atoms with Crippen LogP contribution >= 0.6 is 24.0 Å². The molecule has 1 aromatic heterocycles. The maximum atomic E-state index is 5.91. The van der Waals surface area contributed by atoms with Crippen molar-refractivity contribution in [3.05, 3.63) is 18.0 Å². The monoisotopic (exact) mass is 464 g/mol. The van der Waals surface area contributed by atoms with Gasteiger partial charge in [0.15, 0.2) is 5.96 Å². The van der Waals surface area contributed by atoms with Gasteiger partial charge in [0.05, 0.1) is 19.3 Å². The maximum Gasteiger partial charge on any atom is 0.193 e. The van der Waals surface area contributed by atoms with Gasteiger partial charge in [-0.25, -0.2) is 0 Å². The number of halogens is 1. The Hall–Kier alpha value is -0.870. The Morgan fingerprint density at radius 2 is 2.28 bits per heavy atom. The molecule has 2 rings (SSSR count). The van der Waals surface area contributed by atoms with E-state index in [1.165, 1.54) is 0 Å². The second kappa shape index (κ2) is 11.0. The number of likely N-dealkylation sites (N-methyl/N-ethyl adjacent to an activating group) is 1. The first-order valence-electron chi connectivity index (χ1n) is 8.85. The highest BCUT2D eigenvalue weighted by Crippen LogP contribution is 2.21. The van der Waals surface area contributed by atoms with Gasteiger partial charge in [-0.2, -0.15) is 5.10 Å². The van der Waals surface area contributed by atoms with E-state index in [1.54, 1.807) is 0 Å². The van der Waals surface area contributed by atoms with Gasteiger partial charge in [-0.3, -0.25) is 14.6 Å². The van der Waals surface area contributed by atoms with E-state index in [1.807, 2.05) is 31.2 Å². The minimum absolute atomic E-state index is 0. The molecule has 1 N–H and O–H groups in total. The first kappa shape index (κ1) is 22.2. The number of guanidine groups is 1. The van der Waals surface area contributed by atoms with Gasteiger partial charge in [-0.05, 0) is 20.4 Å². The van der Waals surface area contributed by atoms with Crippen LogP contribution in [0.3, 0.4) is 0 Å². The number of aliphatic imine (C=N–C) groups is 1. The number of nitrogens with zero attached hydrogens (tertiary/aromatic N) is 5. The van der Waals surface area contributed by atoms with Gasteiger partial charge in [0.25, 0.3) is 0 Å². The third-order valence-corrected chi connectivity index (χ3v) is 4.49. The molecule has 1 aromatic rings. The zero-order valence-corrected chi connectivity index (χ0v) is 18.4. The largest absolute Gasteiger partial charge is 0.370 e. The number of aromatic nitrogens is 2. The van der Waals surface area contributed by atoms with E-state index in [2.05, 4.69) is 46.0 Å². The van der Waals surface area contributed by atoms with Gasteiger partial charge in [-0.1, -0.05) is 6.92 Å². The normalized spacial score (nSPS) is 18.6. The van der Waals surface area contributed by atoms with Crippen LogP contribution in [-0.4, -0.2) is 78.0 Å². The van der Waals surface area contributed by atoms with Crippen LogP contribution in [0.25, 0.3) is 0 Å². The summed E-state index contributed by atoms with van der Waals surface area (Å²) in [4.78, 5) is 9.16. The second-order valence-electron chi connectivity index (χ2n) is 6.45. The highest BCUT2D eigenvalue weighted by molar-refractivity contribution is 14.0. The lowest BCUT2D eigenvalue weighted by Crippen LogP contribution is -2.49. The fourth-order valence-electron chi connectivity index (χ4n) is 3.07. The summed E-state index contributed by atoms with van der Waals surface area (Å²) < 4.78 is 7.72. The molecule has 0 saturated carbocycles. The Balaban J connectivity index is 0.00000312. The van der Waals surface area contributed by atoms with Gasteiger partial charge in [0, 0.05) is 51.5 Å². The summed E-state index contributed by atoms with van der Waals surface area (Å²) in [7, 11) is 3.77. The minimum atomic E-state index is 0. The summed E-state index contributed by atoms with van der Waals surface area (Å²) in [6.45, 7) is 12.0.